The van der Waals surface area contributed by atoms with Crippen molar-refractivity contribution in [1.82, 2.24) is 25.1 Å². The lowest BCUT2D eigenvalue weighted by molar-refractivity contribution is -0.123. The van der Waals surface area contributed by atoms with Crippen LogP contribution in [0.25, 0.3) is 11.5 Å². The molecule has 2 aliphatic rings. The third kappa shape index (κ3) is 4.31. The smallest absolute Gasteiger partial charge is 0.330 e. The number of benzene rings is 1. The average molecular weight is 475 g/mol. The quantitative estimate of drug-likeness (QED) is 0.590. The predicted octanol–water partition coefficient (Wildman–Crippen LogP) is 2.94. The number of hydrogen-bond donors (Lipinski definition) is 1. The summed E-state index contributed by atoms with van der Waals surface area (Å²) in [6.07, 6.45) is 2.54. The molecule has 2 fully saturated rings. The second-order valence-electron chi connectivity index (χ2n) is 9.18. The number of pyridine rings is 1. The molecule has 0 saturated carbocycles. The van der Waals surface area contributed by atoms with Gasteiger partial charge in [-0.25, -0.2) is 9.78 Å². The number of hydrogen-bond acceptors (Lipinski definition) is 6. The van der Waals surface area contributed by atoms with Gasteiger partial charge in [0.05, 0.1) is 5.92 Å². The van der Waals surface area contributed by atoms with E-state index in [1.807, 2.05) is 47.0 Å². The highest BCUT2D eigenvalue weighted by Crippen LogP contribution is 2.29. The minimum absolute atomic E-state index is 0.0195. The molecular formula is C25H30N8O2. The van der Waals surface area contributed by atoms with Crippen LogP contribution in [0.3, 0.4) is 0 Å². The standard InChI is InChI=1S/C25H30N8O2/c1-17(2)33-16-27-29-23(33)21-5-4-6-22(28-21)32-14-13-31(25(32)35)20-9-7-19(8-10-20)30-12-11-18(15-30)24(34)26-3/h4-10,16-18H,11-15H2,1-3H3,(H,26,34). The van der Waals surface area contributed by atoms with Crippen molar-refractivity contribution in [1.29, 1.82) is 0 Å². The SMILES string of the molecule is CNC(=O)C1CCN(c2ccc(N3CCN(c4cccc(-c5nncn5C(C)C)n4)C3=O)cc2)C1. The lowest BCUT2D eigenvalue weighted by Gasteiger charge is -2.21. The van der Waals surface area contributed by atoms with Gasteiger partial charge in [0, 0.05) is 50.6 Å². The zero-order valence-electron chi connectivity index (χ0n) is 20.3. The fraction of sp³-hybridized carbons (Fsp3) is 0.400. The maximum Gasteiger partial charge on any atom is 0.330 e. The summed E-state index contributed by atoms with van der Waals surface area (Å²) in [4.78, 5) is 35.6. The van der Waals surface area contributed by atoms with Gasteiger partial charge < -0.3 is 14.8 Å². The van der Waals surface area contributed by atoms with Crippen LogP contribution in [0.4, 0.5) is 22.0 Å². The number of anilines is 3. The van der Waals surface area contributed by atoms with E-state index in [1.54, 1.807) is 23.2 Å². The number of carbonyl (C=O) groups excluding carboxylic acids is 2. The number of rotatable bonds is 6. The molecule has 2 aromatic heterocycles. The second-order valence-corrected chi connectivity index (χ2v) is 9.18. The third-order valence-corrected chi connectivity index (χ3v) is 6.71. The van der Waals surface area contributed by atoms with Gasteiger partial charge in [-0.1, -0.05) is 6.07 Å². The van der Waals surface area contributed by atoms with Crippen molar-refractivity contribution in [2.75, 3.05) is 47.9 Å². The zero-order chi connectivity index (χ0) is 24.5. The molecule has 0 bridgehead atoms. The molecule has 10 heteroatoms. The molecule has 1 atom stereocenters. The van der Waals surface area contributed by atoms with Crippen LogP contribution < -0.4 is 20.0 Å². The summed E-state index contributed by atoms with van der Waals surface area (Å²) >= 11 is 0. The van der Waals surface area contributed by atoms with E-state index >= 15 is 0 Å². The number of amides is 3. The molecule has 4 heterocycles. The van der Waals surface area contributed by atoms with Gasteiger partial charge in [0.25, 0.3) is 0 Å². The first-order valence-electron chi connectivity index (χ1n) is 12.0. The number of nitrogens with zero attached hydrogens (tertiary/aromatic N) is 7. The van der Waals surface area contributed by atoms with Crippen molar-refractivity contribution in [3.8, 4) is 11.5 Å². The summed E-state index contributed by atoms with van der Waals surface area (Å²) < 4.78 is 1.96. The molecule has 10 nitrogen and oxygen atoms in total. The molecule has 3 amide bonds. The van der Waals surface area contributed by atoms with Crippen molar-refractivity contribution < 1.29 is 9.59 Å². The highest BCUT2D eigenvalue weighted by atomic mass is 16.2. The molecule has 5 rings (SSSR count). The van der Waals surface area contributed by atoms with Gasteiger partial charge in [-0.2, -0.15) is 0 Å². The van der Waals surface area contributed by atoms with E-state index in [4.69, 9.17) is 4.98 Å². The zero-order valence-corrected chi connectivity index (χ0v) is 20.3. The lowest BCUT2D eigenvalue weighted by Crippen LogP contribution is -2.32. The van der Waals surface area contributed by atoms with Crippen LogP contribution in [0, 0.1) is 5.92 Å². The molecular weight excluding hydrogens is 444 g/mol. The summed E-state index contributed by atoms with van der Waals surface area (Å²) in [5.41, 5.74) is 2.59. The van der Waals surface area contributed by atoms with Crippen molar-refractivity contribution in [3.05, 3.63) is 48.8 Å². The summed E-state index contributed by atoms with van der Waals surface area (Å²) in [6, 6.07) is 13.7. The molecule has 1 unspecified atom stereocenters. The van der Waals surface area contributed by atoms with Gasteiger partial charge in [0.15, 0.2) is 5.82 Å². The van der Waals surface area contributed by atoms with Crippen LogP contribution in [0.1, 0.15) is 26.3 Å². The number of nitrogens with one attached hydrogen (secondary N) is 1. The topological polar surface area (TPSA) is 99.5 Å². The minimum Gasteiger partial charge on any atom is -0.371 e. The molecule has 1 aromatic carbocycles. The molecule has 0 radical (unpaired) electrons. The Labute approximate surface area is 204 Å². The van der Waals surface area contributed by atoms with E-state index in [1.165, 1.54) is 0 Å². The van der Waals surface area contributed by atoms with Crippen LogP contribution >= 0.6 is 0 Å². The van der Waals surface area contributed by atoms with Gasteiger partial charge in [0.2, 0.25) is 5.91 Å². The number of carbonyl (C=O) groups is 2. The van der Waals surface area contributed by atoms with Crippen LogP contribution in [-0.4, -0.2) is 64.9 Å². The molecule has 1 N–H and O–H groups in total. The molecule has 2 saturated heterocycles. The molecule has 182 valence electrons. The van der Waals surface area contributed by atoms with Crippen molar-refractivity contribution in [2.24, 2.45) is 5.92 Å². The van der Waals surface area contributed by atoms with Crippen LogP contribution in [0.2, 0.25) is 0 Å². The largest absolute Gasteiger partial charge is 0.371 e. The summed E-state index contributed by atoms with van der Waals surface area (Å²) in [5.74, 6) is 1.39. The summed E-state index contributed by atoms with van der Waals surface area (Å²) in [5, 5.41) is 11.0. The first-order valence-corrected chi connectivity index (χ1v) is 12.0. The van der Waals surface area contributed by atoms with Gasteiger partial charge in [-0.3, -0.25) is 14.6 Å². The molecule has 3 aromatic rings. The Morgan fingerprint density at radius 2 is 1.77 bits per heavy atom. The van der Waals surface area contributed by atoms with E-state index in [-0.39, 0.29) is 23.9 Å². The maximum absolute atomic E-state index is 13.3. The van der Waals surface area contributed by atoms with Gasteiger partial charge >= 0.3 is 6.03 Å². The van der Waals surface area contributed by atoms with E-state index in [0.29, 0.717) is 37.0 Å². The summed E-state index contributed by atoms with van der Waals surface area (Å²) in [6.45, 7) is 6.81. The van der Waals surface area contributed by atoms with Crippen LogP contribution in [-0.2, 0) is 4.79 Å². The lowest BCUT2D eigenvalue weighted by atomic mass is 10.1. The minimum atomic E-state index is -0.103. The first kappa shape index (κ1) is 22.8. The second kappa shape index (κ2) is 9.36. The molecule has 0 spiro atoms. The van der Waals surface area contributed by atoms with Crippen LogP contribution in [0.15, 0.2) is 48.8 Å². The van der Waals surface area contributed by atoms with Crippen molar-refractivity contribution >= 4 is 29.1 Å². The predicted molar refractivity (Wildman–Crippen MR) is 135 cm³/mol. The Morgan fingerprint density at radius 1 is 1.03 bits per heavy atom. The Hall–Kier alpha value is -3.95. The first-order chi connectivity index (χ1) is 17.0. The van der Waals surface area contributed by atoms with E-state index in [0.717, 1.165) is 24.3 Å². The Balaban J connectivity index is 1.30. The highest BCUT2D eigenvalue weighted by molar-refractivity contribution is 6.05. The van der Waals surface area contributed by atoms with Crippen molar-refractivity contribution in [2.45, 2.75) is 26.3 Å². The van der Waals surface area contributed by atoms with Crippen molar-refractivity contribution in [3.63, 3.8) is 0 Å². The Bertz CT molecular complexity index is 1220. The van der Waals surface area contributed by atoms with Gasteiger partial charge in [0.1, 0.15) is 17.8 Å². The molecule has 0 aliphatic carbocycles. The average Bonchev–Trinajstić information content (AvgIpc) is 3.63. The van der Waals surface area contributed by atoms with E-state index in [9.17, 15) is 9.59 Å². The number of aromatic nitrogens is 4. The van der Waals surface area contributed by atoms with Gasteiger partial charge in [-0.15, -0.1) is 10.2 Å². The number of urea groups is 1. The highest BCUT2D eigenvalue weighted by Gasteiger charge is 2.32. The third-order valence-electron chi connectivity index (χ3n) is 6.71. The maximum atomic E-state index is 13.3. The molecule has 2 aliphatic heterocycles. The summed E-state index contributed by atoms with van der Waals surface area (Å²) in [7, 11) is 1.68. The van der Waals surface area contributed by atoms with Crippen LogP contribution in [0.5, 0.6) is 0 Å². The Morgan fingerprint density at radius 3 is 2.51 bits per heavy atom. The van der Waals surface area contributed by atoms with E-state index < -0.39 is 0 Å². The fourth-order valence-corrected chi connectivity index (χ4v) is 4.75. The fourth-order valence-electron chi connectivity index (χ4n) is 4.75. The normalized spacial score (nSPS) is 18.1. The Kier molecular flexibility index (Phi) is 6.10. The van der Waals surface area contributed by atoms with E-state index in [2.05, 4.69) is 34.3 Å². The molecule has 35 heavy (non-hydrogen) atoms. The van der Waals surface area contributed by atoms with Gasteiger partial charge in [-0.05, 0) is 56.7 Å². The monoisotopic (exact) mass is 474 g/mol.